The summed E-state index contributed by atoms with van der Waals surface area (Å²) in [6.07, 6.45) is 1.24. The quantitative estimate of drug-likeness (QED) is 0.464. The highest BCUT2D eigenvalue weighted by Gasteiger charge is 2.32. The Balaban J connectivity index is 1.62. The largest absolute Gasteiger partial charge is 0.355 e. The van der Waals surface area contributed by atoms with Crippen LogP contribution >= 0.6 is 0 Å². The van der Waals surface area contributed by atoms with E-state index in [1.54, 1.807) is 11.0 Å². The van der Waals surface area contributed by atoms with Gasteiger partial charge in [-0.05, 0) is 37.1 Å². The van der Waals surface area contributed by atoms with Crippen LogP contribution in [0.15, 0.2) is 41.1 Å². The molecule has 2 aliphatic heterocycles. The van der Waals surface area contributed by atoms with E-state index in [4.69, 9.17) is 15.2 Å². The monoisotopic (exact) mass is 420 g/mol. The van der Waals surface area contributed by atoms with Gasteiger partial charge < -0.3 is 15.1 Å². The van der Waals surface area contributed by atoms with E-state index in [0.717, 1.165) is 34.2 Å². The van der Waals surface area contributed by atoms with Gasteiger partial charge in [0.25, 0.3) is 0 Å². The maximum absolute atomic E-state index is 13.6. The second-order valence-corrected chi connectivity index (χ2v) is 7.60. The lowest BCUT2D eigenvalue weighted by Gasteiger charge is -2.27. The van der Waals surface area contributed by atoms with E-state index >= 15 is 0 Å². The van der Waals surface area contributed by atoms with Crippen molar-refractivity contribution in [1.82, 2.24) is 14.7 Å². The molecular formula is C22H21FN6O2. The number of hydrogen-bond acceptors (Lipinski definition) is 5. The predicted octanol–water partition coefficient (Wildman–Crippen LogP) is 3.81. The molecule has 2 aromatic rings. The van der Waals surface area contributed by atoms with E-state index in [-0.39, 0.29) is 11.6 Å². The lowest BCUT2D eigenvalue weighted by atomic mass is 10.0. The zero-order chi connectivity index (χ0) is 22.1. The van der Waals surface area contributed by atoms with E-state index in [2.05, 4.69) is 23.8 Å². The minimum atomic E-state index is -0.627. The van der Waals surface area contributed by atoms with Crippen LogP contribution in [0.2, 0.25) is 0 Å². The normalized spacial score (nSPS) is 15.5. The number of urea groups is 1. The van der Waals surface area contributed by atoms with Crippen LogP contribution in [-0.2, 0) is 24.3 Å². The highest BCUT2D eigenvalue weighted by atomic mass is 19.1. The van der Waals surface area contributed by atoms with Crippen molar-refractivity contribution in [3.8, 4) is 6.07 Å². The van der Waals surface area contributed by atoms with Crippen molar-refractivity contribution in [2.24, 2.45) is 5.16 Å². The molecule has 0 fully saturated rings. The van der Waals surface area contributed by atoms with Crippen LogP contribution in [0.25, 0.3) is 5.76 Å². The molecule has 31 heavy (non-hydrogen) atoms. The van der Waals surface area contributed by atoms with E-state index in [9.17, 15) is 9.18 Å². The van der Waals surface area contributed by atoms with Crippen molar-refractivity contribution >= 4 is 24.2 Å². The Morgan fingerprint density at radius 2 is 2.23 bits per heavy atom. The van der Waals surface area contributed by atoms with Crippen molar-refractivity contribution < 1.29 is 14.0 Å². The molecule has 0 bridgehead atoms. The number of nitrogens with one attached hydrogen (secondary N) is 1. The molecule has 0 atom stereocenters. The lowest BCUT2D eigenvalue weighted by molar-refractivity contribution is 0.206. The van der Waals surface area contributed by atoms with Crippen LogP contribution < -0.4 is 5.32 Å². The summed E-state index contributed by atoms with van der Waals surface area (Å²) in [4.78, 5) is 20.0. The number of oxime groups is 1. The molecule has 8 nitrogen and oxygen atoms in total. The molecule has 0 saturated heterocycles. The summed E-state index contributed by atoms with van der Waals surface area (Å²) in [5.74, 6) is -0.0420. The van der Waals surface area contributed by atoms with Crippen LogP contribution in [0.4, 0.5) is 14.9 Å². The van der Waals surface area contributed by atoms with E-state index in [1.165, 1.54) is 12.1 Å². The smallest absolute Gasteiger partial charge is 0.322 e. The zero-order valence-corrected chi connectivity index (χ0v) is 17.1. The van der Waals surface area contributed by atoms with Gasteiger partial charge in [0.1, 0.15) is 17.6 Å². The van der Waals surface area contributed by atoms with Crippen LogP contribution in [0.1, 0.15) is 35.9 Å². The number of nitrogens with zero attached hydrogens (tertiary/aromatic N) is 5. The van der Waals surface area contributed by atoms with Gasteiger partial charge in [-0.3, -0.25) is 4.68 Å². The first-order valence-electron chi connectivity index (χ1n) is 9.75. The maximum atomic E-state index is 13.6. The van der Waals surface area contributed by atoms with Gasteiger partial charge in [-0.1, -0.05) is 17.3 Å². The molecule has 0 aliphatic carbocycles. The number of carbonyl (C=O) groups is 1. The van der Waals surface area contributed by atoms with Gasteiger partial charge in [-0.2, -0.15) is 10.4 Å². The molecule has 2 aliphatic rings. The Kier molecular flexibility index (Phi) is 5.29. The molecule has 9 heteroatoms. The van der Waals surface area contributed by atoms with Gasteiger partial charge in [0.2, 0.25) is 0 Å². The Labute approximate surface area is 178 Å². The average Bonchev–Trinajstić information content (AvgIpc) is 3.03. The molecule has 2 amide bonds. The SMILES string of the molecule is C=NOC1=C(C)CC(=C)Cn2nc3c(c21)CN(C(=O)Nc1ccc(F)c(C#N)c1)CC3. The Bertz CT molecular complexity index is 1170. The summed E-state index contributed by atoms with van der Waals surface area (Å²) < 4.78 is 15.4. The minimum absolute atomic E-state index is 0.125. The molecule has 1 aromatic heterocycles. The van der Waals surface area contributed by atoms with Crippen LogP contribution in [0, 0.1) is 17.1 Å². The summed E-state index contributed by atoms with van der Waals surface area (Å²) in [6, 6.07) is 5.33. The number of carbonyl (C=O) groups excluding carboxylic acids is 1. The fraction of sp³-hybridized carbons (Fsp3) is 0.273. The first-order valence-corrected chi connectivity index (χ1v) is 9.75. The molecular weight excluding hydrogens is 399 g/mol. The summed E-state index contributed by atoms with van der Waals surface area (Å²) in [6.45, 7) is 10.9. The molecule has 3 heterocycles. The summed E-state index contributed by atoms with van der Waals surface area (Å²) >= 11 is 0. The van der Waals surface area contributed by atoms with Crippen molar-refractivity contribution in [2.75, 3.05) is 11.9 Å². The Hall–Kier alpha value is -3.93. The van der Waals surface area contributed by atoms with Gasteiger partial charge in [0.15, 0.2) is 5.76 Å². The molecule has 158 valence electrons. The minimum Gasteiger partial charge on any atom is -0.355 e. The number of fused-ring (bicyclic) bond motifs is 3. The number of rotatable bonds is 3. The van der Waals surface area contributed by atoms with Gasteiger partial charge in [0, 0.05) is 30.9 Å². The van der Waals surface area contributed by atoms with Crippen LogP contribution in [0.5, 0.6) is 0 Å². The molecule has 0 saturated carbocycles. The van der Waals surface area contributed by atoms with Crippen molar-refractivity contribution in [3.63, 3.8) is 0 Å². The number of amides is 2. The second kappa shape index (κ2) is 8.07. The predicted molar refractivity (Wildman–Crippen MR) is 113 cm³/mol. The third kappa shape index (κ3) is 3.80. The van der Waals surface area contributed by atoms with Crippen LogP contribution in [-0.4, -0.2) is 34.0 Å². The fourth-order valence-electron chi connectivity index (χ4n) is 3.97. The number of aromatic nitrogens is 2. The summed E-state index contributed by atoms with van der Waals surface area (Å²) in [7, 11) is 0. The molecule has 0 spiro atoms. The molecule has 1 aromatic carbocycles. The maximum Gasteiger partial charge on any atom is 0.322 e. The number of halogens is 1. The molecule has 1 N–H and O–H groups in total. The second-order valence-electron chi connectivity index (χ2n) is 7.60. The Morgan fingerprint density at radius 3 is 2.97 bits per heavy atom. The van der Waals surface area contributed by atoms with Gasteiger partial charge in [-0.15, -0.1) is 0 Å². The number of nitriles is 1. The van der Waals surface area contributed by atoms with Crippen LogP contribution in [0.3, 0.4) is 0 Å². The summed E-state index contributed by atoms with van der Waals surface area (Å²) in [5, 5.41) is 20.1. The van der Waals surface area contributed by atoms with Crippen molar-refractivity contribution in [3.05, 3.63) is 64.3 Å². The van der Waals surface area contributed by atoms with E-state index in [0.29, 0.717) is 43.9 Å². The highest BCUT2D eigenvalue weighted by molar-refractivity contribution is 5.89. The zero-order valence-electron chi connectivity index (χ0n) is 17.1. The Morgan fingerprint density at radius 1 is 1.42 bits per heavy atom. The number of allylic oxidation sites excluding steroid dienone is 2. The molecule has 0 unspecified atom stereocenters. The topological polar surface area (TPSA) is 95.5 Å². The first-order chi connectivity index (χ1) is 14.9. The third-order valence-corrected chi connectivity index (χ3v) is 5.37. The van der Waals surface area contributed by atoms with Gasteiger partial charge in [0.05, 0.1) is 24.3 Å². The highest BCUT2D eigenvalue weighted by Crippen LogP contribution is 2.35. The number of benzene rings is 1. The molecule has 0 radical (unpaired) electrons. The average molecular weight is 420 g/mol. The van der Waals surface area contributed by atoms with E-state index in [1.807, 2.05) is 11.6 Å². The van der Waals surface area contributed by atoms with Crippen molar-refractivity contribution in [1.29, 1.82) is 5.26 Å². The number of anilines is 1. The first kappa shape index (κ1) is 20.3. The summed E-state index contributed by atoms with van der Waals surface area (Å²) in [5.41, 5.74) is 4.78. The molecule has 4 rings (SSSR count). The fourth-order valence-corrected chi connectivity index (χ4v) is 3.97. The van der Waals surface area contributed by atoms with E-state index < -0.39 is 5.82 Å². The lowest BCUT2D eigenvalue weighted by Crippen LogP contribution is -2.39. The van der Waals surface area contributed by atoms with Gasteiger partial charge in [-0.25, -0.2) is 9.18 Å². The van der Waals surface area contributed by atoms with Gasteiger partial charge >= 0.3 is 6.03 Å². The standard InChI is InChI=1S/C22H21FN6O2/c1-13-8-14(2)21(31-25-3)20-17-12-28(7-6-19(17)27-29(20)11-13)22(30)26-16-4-5-18(23)15(9-16)10-24/h4-5,9H,1,3,6-8,11-12H2,2H3,(H,26,30). The van der Waals surface area contributed by atoms with Crippen molar-refractivity contribution in [2.45, 2.75) is 32.9 Å². The third-order valence-electron chi connectivity index (χ3n) is 5.37. The number of hydrogen-bond donors (Lipinski definition) is 1.